The highest BCUT2D eigenvalue weighted by atomic mass is 16.5. The number of carbonyl (C=O) groups is 2. The van der Waals surface area contributed by atoms with E-state index in [1.165, 1.54) is 30.3 Å². The highest BCUT2D eigenvalue weighted by Crippen LogP contribution is 2.26. The Morgan fingerprint density at radius 1 is 1.15 bits per heavy atom. The van der Waals surface area contributed by atoms with Crippen LogP contribution in [0.15, 0.2) is 65.8 Å². The molecule has 0 aliphatic carbocycles. The van der Waals surface area contributed by atoms with E-state index in [0.29, 0.717) is 11.3 Å². The molecule has 2 aromatic carbocycles. The zero-order valence-corrected chi connectivity index (χ0v) is 13.6. The van der Waals surface area contributed by atoms with Crippen LogP contribution in [-0.4, -0.2) is 23.6 Å². The number of amides is 1. The molecule has 1 heterocycles. The number of carboxylic acids is 1. The lowest BCUT2D eigenvalue weighted by molar-refractivity contribution is -0.112. The Balaban J connectivity index is 1.77. The summed E-state index contributed by atoms with van der Waals surface area (Å²) in [6.45, 7) is 0.267. The minimum Gasteiger partial charge on any atom is -0.488 e. The molecule has 0 atom stereocenters. The monoisotopic (exact) mass is 346 g/mol. The van der Waals surface area contributed by atoms with Crippen LogP contribution in [0.5, 0.6) is 5.75 Å². The van der Waals surface area contributed by atoms with Crippen LogP contribution in [0.4, 0.5) is 5.69 Å². The first-order valence-electron chi connectivity index (χ1n) is 7.76. The van der Waals surface area contributed by atoms with Gasteiger partial charge in [0.05, 0.1) is 5.56 Å². The van der Waals surface area contributed by atoms with E-state index in [9.17, 15) is 14.9 Å². The number of anilines is 1. The van der Waals surface area contributed by atoms with Gasteiger partial charge in [0.2, 0.25) is 0 Å². The maximum atomic E-state index is 12.3. The summed E-state index contributed by atoms with van der Waals surface area (Å²) in [5, 5.41) is 20.7. The summed E-state index contributed by atoms with van der Waals surface area (Å²) in [6.07, 6.45) is 3.35. The van der Waals surface area contributed by atoms with E-state index < -0.39 is 11.9 Å². The van der Waals surface area contributed by atoms with Crippen molar-refractivity contribution in [2.45, 2.75) is 0 Å². The molecule has 2 aromatic rings. The first-order valence-corrected chi connectivity index (χ1v) is 7.76. The molecule has 0 fully saturated rings. The summed E-state index contributed by atoms with van der Waals surface area (Å²) in [7, 11) is 0. The molecule has 1 aliphatic heterocycles. The van der Waals surface area contributed by atoms with E-state index in [1.807, 2.05) is 36.4 Å². The molecule has 1 amide bonds. The van der Waals surface area contributed by atoms with E-state index in [0.717, 1.165) is 11.3 Å². The fourth-order valence-electron chi connectivity index (χ4n) is 2.45. The Morgan fingerprint density at radius 2 is 1.88 bits per heavy atom. The van der Waals surface area contributed by atoms with Crippen molar-refractivity contribution in [3.8, 4) is 11.8 Å². The predicted octanol–water partition coefficient (Wildman–Crippen LogP) is 3.25. The number of para-hydroxylation sites is 1. The summed E-state index contributed by atoms with van der Waals surface area (Å²) in [5.41, 5.74) is 2.03. The summed E-state index contributed by atoms with van der Waals surface area (Å²) >= 11 is 0. The fourth-order valence-corrected chi connectivity index (χ4v) is 2.45. The number of carbonyl (C=O) groups excluding carboxylic acids is 1. The Bertz CT molecular complexity index is 966. The second-order valence-corrected chi connectivity index (χ2v) is 5.55. The van der Waals surface area contributed by atoms with Gasteiger partial charge >= 0.3 is 5.97 Å². The molecule has 0 aromatic heterocycles. The fraction of sp³-hybridized carbons (Fsp3) is 0.0500. The molecule has 3 rings (SSSR count). The van der Waals surface area contributed by atoms with Crippen molar-refractivity contribution in [3.63, 3.8) is 0 Å². The molecule has 1 aliphatic rings. The molecule has 26 heavy (non-hydrogen) atoms. The van der Waals surface area contributed by atoms with Gasteiger partial charge in [0.25, 0.3) is 5.91 Å². The Kier molecular flexibility index (Phi) is 4.81. The lowest BCUT2D eigenvalue weighted by Crippen LogP contribution is -2.15. The van der Waals surface area contributed by atoms with Crippen molar-refractivity contribution in [1.82, 2.24) is 0 Å². The number of hydrogen-bond acceptors (Lipinski definition) is 4. The van der Waals surface area contributed by atoms with E-state index in [1.54, 1.807) is 0 Å². The van der Waals surface area contributed by atoms with Crippen molar-refractivity contribution in [1.29, 1.82) is 5.26 Å². The molecule has 128 valence electrons. The van der Waals surface area contributed by atoms with Gasteiger partial charge in [-0.15, -0.1) is 0 Å². The van der Waals surface area contributed by atoms with Gasteiger partial charge in [0, 0.05) is 11.3 Å². The van der Waals surface area contributed by atoms with E-state index in [2.05, 4.69) is 5.32 Å². The molecule has 0 saturated heterocycles. The quantitative estimate of drug-likeness (QED) is 0.654. The van der Waals surface area contributed by atoms with Gasteiger partial charge in [-0.2, -0.15) is 5.26 Å². The second kappa shape index (κ2) is 7.36. The topological polar surface area (TPSA) is 99.4 Å². The standard InChI is InChI=1S/C20H14N2O4/c21-11-16(10-13-9-15-3-1-2-4-18(15)26-12-13)19(23)22-17-7-5-14(6-8-17)20(24)25/h1-10H,12H2,(H,22,23)(H,24,25). The van der Waals surface area contributed by atoms with Gasteiger partial charge in [-0.25, -0.2) is 4.79 Å². The van der Waals surface area contributed by atoms with Gasteiger partial charge in [-0.3, -0.25) is 4.79 Å². The lowest BCUT2D eigenvalue weighted by Gasteiger charge is -2.16. The number of hydrogen-bond donors (Lipinski definition) is 2. The Labute approximate surface area is 149 Å². The average Bonchev–Trinajstić information content (AvgIpc) is 2.66. The van der Waals surface area contributed by atoms with Crippen LogP contribution in [0, 0.1) is 11.3 Å². The van der Waals surface area contributed by atoms with Crippen molar-refractivity contribution in [3.05, 3.63) is 76.9 Å². The number of rotatable bonds is 4. The Hall–Kier alpha value is -3.85. The number of nitrogens with zero attached hydrogens (tertiary/aromatic N) is 1. The van der Waals surface area contributed by atoms with Gasteiger partial charge in [-0.05, 0) is 48.1 Å². The van der Waals surface area contributed by atoms with Crippen molar-refractivity contribution in [2.24, 2.45) is 0 Å². The molecule has 6 heteroatoms. The molecular weight excluding hydrogens is 332 g/mol. The highest BCUT2D eigenvalue weighted by molar-refractivity contribution is 6.07. The Morgan fingerprint density at radius 3 is 2.58 bits per heavy atom. The third kappa shape index (κ3) is 3.79. The average molecular weight is 346 g/mol. The minimum atomic E-state index is -1.05. The zero-order chi connectivity index (χ0) is 18.5. The van der Waals surface area contributed by atoms with Crippen molar-refractivity contribution in [2.75, 3.05) is 11.9 Å². The van der Waals surface area contributed by atoms with E-state index in [4.69, 9.17) is 9.84 Å². The molecule has 0 radical (unpaired) electrons. The summed E-state index contributed by atoms with van der Waals surface area (Å²) in [5.74, 6) is -0.869. The van der Waals surface area contributed by atoms with Crippen LogP contribution in [-0.2, 0) is 4.79 Å². The van der Waals surface area contributed by atoms with Crippen LogP contribution < -0.4 is 10.1 Å². The molecule has 0 saturated carbocycles. The normalized spacial score (nSPS) is 12.9. The summed E-state index contributed by atoms with van der Waals surface area (Å²) in [6, 6.07) is 15.1. The molecule has 6 nitrogen and oxygen atoms in total. The van der Waals surface area contributed by atoms with E-state index in [-0.39, 0.29) is 17.7 Å². The van der Waals surface area contributed by atoms with Crippen molar-refractivity contribution < 1.29 is 19.4 Å². The molecule has 0 unspecified atom stereocenters. The third-order valence-corrected chi connectivity index (χ3v) is 3.74. The maximum Gasteiger partial charge on any atom is 0.335 e. The van der Waals surface area contributed by atoms with Crippen LogP contribution in [0.3, 0.4) is 0 Å². The zero-order valence-electron chi connectivity index (χ0n) is 13.6. The molecule has 0 spiro atoms. The molecular formula is C20H14N2O4. The largest absolute Gasteiger partial charge is 0.488 e. The van der Waals surface area contributed by atoms with Crippen LogP contribution >= 0.6 is 0 Å². The van der Waals surface area contributed by atoms with Crippen LogP contribution in [0.25, 0.3) is 6.08 Å². The van der Waals surface area contributed by atoms with Crippen molar-refractivity contribution >= 4 is 23.6 Å². The first-order chi connectivity index (χ1) is 12.6. The number of nitrogens with one attached hydrogen (secondary N) is 1. The number of carboxylic acid groups (broad SMARTS) is 1. The summed E-state index contributed by atoms with van der Waals surface area (Å²) in [4.78, 5) is 23.1. The van der Waals surface area contributed by atoms with Crippen LogP contribution in [0.2, 0.25) is 0 Å². The third-order valence-electron chi connectivity index (χ3n) is 3.74. The van der Waals surface area contributed by atoms with Gasteiger partial charge < -0.3 is 15.2 Å². The van der Waals surface area contributed by atoms with Crippen LogP contribution in [0.1, 0.15) is 15.9 Å². The smallest absolute Gasteiger partial charge is 0.335 e. The second-order valence-electron chi connectivity index (χ2n) is 5.55. The first kappa shape index (κ1) is 17.0. The number of fused-ring (bicyclic) bond motifs is 1. The number of benzene rings is 2. The SMILES string of the molecule is N#CC(=CC1=Cc2ccccc2OC1)C(=O)Nc1ccc(C(=O)O)cc1. The molecule has 2 N–H and O–H groups in total. The number of nitriles is 1. The predicted molar refractivity (Wildman–Crippen MR) is 95.6 cm³/mol. The highest BCUT2D eigenvalue weighted by Gasteiger charge is 2.14. The number of aromatic carboxylic acids is 1. The lowest BCUT2D eigenvalue weighted by atomic mass is 10.1. The summed E-state index contributed by atoms with van der Waals surface area (Å²) < 4.78 is 5.61. The van der Waals surface area contributed by atoms with Gasteiger partial charge in [0.15, 0.2) is 0 Å². The van der Waals surface area contributed by atoms with Gasteiger partial charge in [-0.1, -0.05) is 18.2 Å². The van der Waals surface area contributed by atoms with Gasteiger partial charge in [0.1, 0.15) is 24.0 Å². The van der Waals surface area contributed by atoms with E-state index >= 15 is 0 Å². The maximum absolute atomic E-state index is 12.3. The number of ether oxygens (including phenoxy) is 1. The molecule has 0 bridgehead atoms. The minimum absolute atomic E-state index is 0.0680.